The van der Waals surface area contributed by atoms with Gasteiger partial charge in [0, 0.05) is 10.8 Å². The SMILES string of the molecule is COC(=O)c1c(NC(=O)C2C(C)(C)C2(C)C)sc2c1CC[C@@H](C)C2. The topological polar surface area (TPSA) is 55.4 Å². The molecule has 0 unspecified atom stereocenters. The zero-order valence-electron chi connectivity index (χ0n) is 15.4. The molecule has 0 saturated heterocycles. The second-order valence-electron chi connectivity index (χ2n) is 8.41. The third-order valence-electron chi connectivity index (χ3n) is 6.42. The van der Waals surface area contributed by atoms with Crippen molar-refractivity contribution in [2.24, 2.45) is 22.7 Å². The molecular weight excluding hydrogens is 322 g/mol. The second kappa shape index (κ2) is 5.58. The van der Waals surface area contributed by atoms with E-state index in [9.17, 15) is 9.59 Å². The van der Waals surface area contributed by atoms with Gasteiger partial charge in [-0.3, -0.25) is 4.79 Å². The number of hydrogen-bond acceptors (Lipinski definition) is 4. The molecule has 1 fully saturated rings. The molecule has 1 N–H and O–H groups in total. The average molecular weight is 349 g/mol. The molecule has 0 aromatic carbocycles. The Morgan fingerprint density at radius 2 is 1.83 bits per heavy atom. The standard InChI is InChI=1S/C19H27NO3S/c1-10-7-8-11-12(9-10)24-16(13(11)17(22)23-6)20-15(21)14-18(2,3)19(14,4)5/h10,14H,7-9H2,1-6H3,(H,20,21)/t10-/m1/s1. The minimum absolute atomic E-state index is 0.0156. The van der Waals surface area contributed by atoms with Crippen molar-refractivity contribution < 1.29 is 14.3 Å². The summed E-state index contributed by atoms with van der Waals surface area (Å²) in [6.45, 7) is 10.7. The van der Waals surface area contributed by atoms with Gasteiger partial charge >= 0.3 is 5.97 Å². The lowest BCUT2D eigenvalue weighted by molar-refractivity contribution is -0.118. The third-order valence-corrected chi connectivity index (χ3v) is 7.59. The first-order chi connectivity index (χ1) is 11.1. The molecule has 1 saturated carbocycles. The lowest BCUT2D eigenvalue weighted by Gasteiger charge is -2.18. The van der Waals surface area contributed by atoms with Crippen molar-refractivity contribution in [3.05, 3.63) is 16.0 Å². The van der Waals surface area contributed by atoms with Gasteiger partial charge in [-0.05, 0) is 41.6 Å². The number of methoxy groups -OCH3 is 1. The third kappa shape index (κ3) is 2.48. The van der Waals surface area contributed by atoms with Crippen molar-refractivity contribution in [2.45, 2.75) is 53.9 Å². The van der Waals surface area contributed by atoms with Gasteiger partial charge in [0.05, 0.1) is 12.7 Å². The molecule has 24 heavy (non-hydrogen) atoms. The van der Waals surface area contributed by atoms with Crippen LogP contribution in [0.3, 0.4) is 0 Å². The number of ether oxygens (including phenoxy) is 1. The number of nitrogens with one attached hydrogen (secondary N) is 1. The van der Waals surface area contributed by atoms with Gasteiger partial charge in [-0.2, -0.15) is 0 Å². The molecule has 0 spiro atoms. The van der Waals surface area contributed by atoms with Crippen LogP contribution in [0.2, 0.25) is 0 Å². The van der Waals surface area contributed by atoms with Crippen LogP contribution in [-0.4, -0.2) is 19.0 Å². The van der Waals surface area contributed by atoms with E-state index >= 15 is 0 Å². The van der Waals surface area contributed by atoms with Crippen LogP contribution < -0.4 is 5.32 Å². The van der Waals surface area contributed by atoms with Gasteiger partial charge in [0.15, 0.2) is 0 Å². The van der Waals surface area contributed by atoms with Crippen LogP contribution in [0.15, 0.2) is 0 Å². The van der Waals surface area contributed by atoms with E-state index in [0.29, 0.717) is 16.5 Å². The average Bonchev–Trinajstić information content (AvgIpc) is 2.76. The van der Waals surface area contributed by atoms with Crippen molar-refractivity contribution in [1.82, 2.24) is 0 Å². The number of rotatable bonds is 3. The molecule has 0 bridgehead atoms. The number of thiophene rings is 1. The first-order valence-electron chi connectivity index (χ1n) is 8.65. The summed E-state index contributed by atoms with van der Waals surface area (Å²) in [7, 11) is 1.40. The van der Waals surface area contributed by atoms with Gasteiger partial charge < -0.3 is 10.1 Å². The number of carbonyl (C=O) groups is 2. The Morgan fingerprint density at radius 3 is 2.38 bits per heavy atom. The highest BCUT2D eigenvalue weighted by Gasteiger charge is 2.68. The zero-order chi connectivity index (χ0) is 17.9. The Balaban J connectivity index is 1.91. The fourth-order valence-corrected chi connectivity index (χ4v) is 5.59. The summed E-state index contributed by atoms with van der Waals surface area (Å²) in [5.41, 5.74) is 1.62. The molecule has 4 nitrogen and oxygen atoms in total. The minimum atomic E-state index is -0.341. The molecular formula is C19H27NO3S. The van der Waals surface area contributed by atoms with Crippen LogP contribution in [0.1, 0.15) is 61.8 Å². The van der Waals surface area contributed by atoms with Crippen molar-refractivity contribution in [2.75, 3.05) is 12.4 Å². The molecule has 1 aromatic rings. The molecule has 3 rings (SSSR count). The monoisotopic (exact) mass is 349 g/mol. The van der Waals surface area contributed by atoms with Gasteiger partial charge in [-0.1, -0.05) is 34.6 Å². The van der Waals surface area contributed by atoms with Crippen LogP contribution in [-0.2, 0) is 22.4 Å². The summed E-state index contributed by atoms with van der Waals surface area (Å²) < 4.78 is 4.98. The second-order valence-corrected chi connectivity index (χ2v) is 9.52. The summed E-state index contributed by atoms with van der Waals surface area (Å²) in [6, 6.07) is 0. The highest BCUT2D eigenvalue weighted by atomic mass is 32.1. The van der Waals surface area contributed by atoms with E-state index in [1.165, 1.54) is 12.0 Å². The van der Waals surface area contributed by atoms with E-state index in [1.54, 1.807) is 11.3 Å². The van der Waals surface area contributed by atoms with Crippen LogP contribution >= 0.6 is 11.3 Å². The normalized spacial score (nSPS) is 24.2. The lowest BCUT2D eigenvalue weighted by atomic mass is 9.88. The van der Waals surface area contributed by atoms with E-state index in [-0.39, 0.29) is 28.6 Å². The molecule has 132 valence electrons. The molecule has 0 radical (unpaired) electrons. The molecule has 1 atom stereocenters. The molecule has 1 amide bonds. The minimum Gasteiger partial charge on any atom is -0.465 e. The van der Waals surface area contributed by atoms with Crippen LogP contribution in [0.5, 0.6) is 0 Å². The van der Waals surface area contributed by atoms with E-state index in [4.69, 9.17) is 4.74 Å². The number of carbonyl (C=O) groups excluding carboxylic acids is 2. The highest BCUT2D eigenvalue weighted by molar-refractivity contribution is 7.17. The number of esters is 1. The Bertz CT molecular complexity index is 688. The Hall–Kier alpha value is -1.36. The Morgan fingerprint density at radius 1 is 1.21 bits per heavy atom. The largest absolute Gasteiger partial charge is 0.465 e. The molecule has 1 heterocycles. The van der Waals surface area contributed by atoms with Gasteiger partial charge in [0.2, 0.25) is 5.91 Å². The smallest absolute Gasteiger partial charge is 0.341 e. The summed E-state index contributed by atoms with van der Waals surface area (Å²) in [5.74, 6) is 0.258. The maximum atomic E-state index is 12.8. The molecule has 5 heteroatoms. The summed E-state index contributed by atoms with van der Waals surface area (Å²) in [6.07, 6.45) is 2.93. The Labute approximate surface area is 148 Å². The predicted octanol–water partition coefficient (Wildman–Crippen LogP) is 4.28. The fraction of sp³-hybridized carbons (Fsp3) is 0.684. The quantitative estimate of drug-likeness (QED) is 0.829. The summed E-state index contributed by atoms with van der Waals surface area (Å²) >= 11 is 1.55. The van der Waals surface area contributed by atoms with Crippen LogP contribution in [0, 0.1) is 22.7 Å². The van der Waals surface area contributed by atoms with Gasteiger partial charge in [-0.25, -0.2) is 4.79 Å². The van der Waals surface area contributed by atoms with Gasteiger partial charge in [0.25, 0.3) is 0 Å². The first-order valence-corrected chi connectivity index (χ1v) is 9.46. The van der Waals surface area contributed by atoms with Crippen LogP contribution in [0.4, 0.5) is 5.00 Å². The summed E-state index contributed by atoms with van der Waals surface area (Å²) in [5, 5.41) is 3.72. The number of anilines is 1. The zero-order valence-corrected chi connectivity index (χ0v) is 16.2. The number of hydrogen-bond donors (Lipinski definition) is 1. The van der Waals surface area contributed by atoms with E-state index in [0.717, 1.165) is 24.8 Å². The summed E-state index contributed by atoms with van der Waals surface area (Å²) in [4.78, 5) is 26.3. The van der Waals surface area contributed by atoms with Crippen LogP contribution in [0.25, 0.3) is 0 Å². The van der Waals surface area contributed by atoms with Crippen molar-refractivity contribution in [1.29, 1.82) is 0 Å². The number of fused-ring (bicyclic) bond motifs is 1. The van der Waals surface area contributed by atoms with Crippen molar-refractivity contribution in [3.63, 3.8) is 0 Å². The van der Waals surface area contributed by atoms with Crippen molar-refractivity contribution >= 4 is 28.2 Å². The molecule has 0 aliphatic heterocycles. The number of amides is 1. The van der Waals surface area contributed by atoms with Crippen molar-refractivity contribution in [3.8, 4) is 0 Å². The first kappa shape index (κ1) is 17.5. The van der Waals surface area contributed by atoms with Gasteiger partial charge in [0.1, 0.15) is 5.00 Å². The maximum absolute atomic E-state index is 12.8. The highest BCUT2D eigenvalue weighted by Crippen LogP contribution is 2.68. The molecule has 1 aromatic heterocycles. The molecule has 2 aliphatic rings. The van der Waals surface area contributed by atoms with E-state index in [2.05, 4.69) is 39.9 Å². The predicted molar refractivity (Wildman–Crippen MR) is 96.5 cm³/mol. The lowest BCUT2D eigenvalue weighted by Crippen LogP contribution is -2.19. The molecule has 2 aliphatic carbocycles. The fourth-order valence-electron chi connectivity index (χ4n) is 4.19. The van der Waals surface area contributed by atoms with E-state index in [1.807, 2.05) is 0 Å². The maximum Gasteiger partial charge on any atom is 0.341 e. The van der Waals surface area contributed by atoms with Gasteiger partial charge in [-0.15, -0.1) is 11.3 Å². The Kier molecular flexibility index (Phi) is 4.06. The van der Waals surface area contributed by atoms with E-state index < -0.39 is 0 Å².